The Morgan fingerprint density at radius 2 is 2.33 bits per heavy atom. The molecule has 5 nitrogen and oxygen atoms in total. The largest absolute Gasteiger partial charge is 0.271 e. The molecule has 3 N–H and O–H groups in total. The maximum absolute atomic E-state index is 5.90. The molecule has 0 aromatic carbocycles. The van der Waals surface area contributed by atoms with Crippen LogP contribution in [0.2, 0.25) is 0 Å². The predicted molar refractivity (Wildman–Crippen MR) is 82.6 cm³/mol. The van der Waals surface area contributed by atoms with E-state index in [0.717, 1.165) is 31.5 Å². The SMILES string of the molecule is CCc1cc(C(NN)C2CCc3cccnc32)n(CC)n1. The Kier molecular flexibility index (Phi) is 4.03. The lowest BCUT2D eigenvalue weighted by Crippen LogP contribution is -2.33. The lowest BCUT2D eigenvalue weighted by molar-refractivity contribution is 0.414. The summed E-state index contributed by atoms with van der Waals surface area (Å²) in [7, 11) is 0. The van der Waals surface area contributed by atoms with Crippen molar-refractivity contribution < 1.29 is 0 Å². The first-order chi connectivity index (χ1) is 10.3. The first kappa shape index (κ1) is 14.2. The monoisotopic (exact) mass is 285 g/mol. The molecular formula is C16H23N5. The Morgan fingerprint density at radius 3 is 3.05 bits per heavy atom. The molecule has 0 amide bonds. The summed E-state index contributed by atoms with van der Waals surface area (Å²) in [6.45, 7) is 5.10. The van der Waals surface area contributed by atoms with E-state index in [4.69, 9.17) is 5.84 Å². The van der Waals surface area contributed by atoms with E-state index in [1.54, 1.807) is 0 Å². The van der Waals surface area contributed by atoms with Gasteiger partial charge in [0.2, 0.25) is 0 Å². The Morgan fingerprint density at radius 1 is 1.48 bits per heavy atom. The standard InChI is InChI=1S/C16H23N5/c1-3-12-10-14(21(4-2)20-12)16(19-17)13-8-7-11-6-5-9-18-15(11)13/h5-6,9-10,13,16,19H,3-4,7-8,17H2,1-2H3. The first-order valence-corrected chi connectivity index (χ1v) is 7.75. The van der Waals surface area contributed by atoms with Gasteiger partial charge in [-0.25, -0.2) is 0 Å². The fourth-order valence-corrected chi connectivity index (χ4v) is 3.34. The maximum Gasteiger partial charge on any atom is 0.0712 e. The van der Waals surface area contributed by atoms with E-state index < -0.39 is 0 Å². The van der Waals surface area contributed by atoms with Crippen LogP contribution in [0.15, 0.2) is 24.4 Å². The second-order valence-corrected chi connectivity index (χ2v) is 5.57. The molecule has 0 aliphatic heterocycles. The summed E-state index contributed by atoms with van der Waals surface area (Å²) in [5.41, 5.74) is 7.83. The van der Waals surface area contributed by atoms with Crippen LogP contribution in [-0.2, 0) is 19.4 Å². The van der Waals surface area contributed by atoms with E-state index in [0.29, 0.717) is 5.92 Å². The van der Waals surface area contributed by atoms with Crippen molar-refractivity contribution >= 4 is 0 Å². The number of nitrogens with one attached hydrogen (secondary N) is 1. The summed E-state index contributed by atoms with van der Waals surface area (Å²) in [6.07, 6.45) is 4.97. The molecule has 112 valence electrons. The number of nitrogens with zero attached hydrogens (tertiary/aromatic N) is 3. The lowest BCUT2D eigenvalue weighted by atomic mass is 9.94. The number of hydrogen-bond donors (Lipinski definition) is 2. The minimum atomic E-state index is 0.0638. The van der Waals surface area contributed by atoms with Crippen molar-refractivity contribution in [1.82, 2.24) is 20.2 Å². The van der Waals surface area contributed by atoms with Gasteiger partial charge < -0.3 is 0 Å². The Labute approximate surface area is 125 Å². The van der Waals surface area contributed by atoms with Gasteiger partial charge in [0.25, 0.3) is 0 Å². The highest BCUT2D eigenvalue weighted by molar-refractivity contribution is 5.32. The van der Waals surface area contributed by atoms with Gasteiger partial charge in [-0.1, -0.05) is 13.0 Å². The van der Waals surface area contributed by atoms with E-state index >= 15 is 0 Å². The Bertz CT molecular complexity index is 619. The molecule has 5 heteroatoms. The van der Waals surface area contributed by atoms with Crippen LogP contribution in [0.5, 0.6) is 0 Å². The number of rotatable bonds is 5. The highest BCUT2D eigenvalue weighted by Crippen LogP contribution is 2.40. The highest BCUT2D eigenvalue weighted by Gasteiger charge is 2.33. The second kappa shape index (κ2) is 5.95. The summed E-state index contributed by atoms with van der Waals surface area (Å²) >= 11 is 0. The molecule has 3 rings (SSSR count). The quantitative estimate of drug-likeness (QED) is 0.652. The van der Waals surface area contributed by atoms with Crippen molar-refractivity contribution in [3.05, 3.63) is 47.0 Å². The van der Waals surface area contributed by atoms with Crippen molar-refractivity contribution in [1.29, 1.82) is 0 Å². The number of fused-ring (bicyclic) bond motifs is 1. The van der Waals surface area contributed by atoms with Gasteiger partial charge in [0.1, 0.15) is 0 Å². The van der Waals surface area contributed by atoms with Gasteiger partial charge in [0.05, 0.1) is 17.4 Å². The molecule has 2 atom stereocenters. The molecule has 0 radical (unpaired) electrons. The van der Waals surface area contributed by atoms with Crippen LogP contribution < -0.4 is 11.3 Å². The van der Waals surface area contributed by atoms with Gasteiger partial charge in [-0.05, 0) is 43.9 Å². The van der Waals surface area contributed by atoms with Crippen molar-refractivity contribution in [2.45, 2.75) is 51.6 Å². The van der Waals surface area contributed by atoms with Crippen LogP contribution in [0.25, 0.3) is 0 Å². The molecule has 0 spiro atoms. The van der Waals surface area contributed by atoms with Crippen LogP contribution in [-0.4, -0.2) is 14.8 Å². The fraction of sp³-hybridized carbons (Fsp3) is 0.500. The second-order valence-electron chi connectivity index (χ2n) is 5.57. The summed E-state index contributed by atoms with van der Waals surface area (Å²) in [5.74, 6) is 6.21. The summed E-state index contributed by atoms with van der Waals surface area (Å²) < 4.78 is 2.06. The number of hydrogen-bond acceptors (Lipinski definition) is 4. The molecular weight excluding hydrogens is 262 g/mol. The summed E-state index contributed by atoms with van der Waals surface area (Å²) in [5, 5.41) is 4.64. The van der Waals surface area contributed by atoms with Gasteiger partial charge in [-0.3, -0.25) is 20.9 Å². The van der Waals surface area contributed by atoms with Crippen LogP contribution >= 0.6 is 0 Å². The molecule has 2 aromatic heterocycles. The molecule has 0 saturated heterocycles. The van der Waals surface area contributed by atoms with Crippen molar-refractivity contribution in [3.63, 3.8) is 0 Å². The number of nitrogens with two attached hydrogens (primary N) is 1. The van der Waals surface area contributed by atoms with E-state index in [1.807, 2.05) is 12.3 Å². The summed E-state index contributed by atoms with van der Waals surface area (Å²) in [6, 6.07) is 6.42. The number of aromatic nitrogens is 3. The van der Waals surface area contributed by atoms with Crippen LogP contribution in [0.1, 0.15) is 54.9 Å². The topological polar surface area (TPSA) is 68.8 Å². The third-order valence-electron chi connectivity index (χ3n) is 4.43. The third kappa shape index (κ3) is 2.47. The Hall–Kier alpha value is -1.72. The normalized spacial score (nSPS) is 18.7. The molecule has 1 aliphatic rings. The minimum Gasteiger partial charge on any atom is -0.271 e. The zero-order valence-electron chi connectivity index (χ0n) is 12.7. The van der Waals surface area contributed by atoms with Crippen molar-refractivity contribution in [2.75, 3.05) is 0 Å². The number of aryl methyl sites for hydroxylation is 3. The zero-order valence-corrected chi connectivity index (χ0v) is 12.7. The first-order valence-electron chi connectivity index (χ1n) is 7.75. The average Bonchev–Trinajstić information content (AvgIpc) is 3.13. The van der Waals surface area contributed by atoms with Gasteiger partial charge in [-0.15, -0.1) is 0 Å². The highest BCUT2D eigenvalue weighted by atomic mass is 15.3. The van der Waals surface area contributed by atoms with E-state index in [-0.39, 0.29) is 6.04 Å². The van der Waals surface area contributed by atoms with Crippen molar-refractivity contribution in [3.8, 4) is 0 Å². The third-order valence-corrected chi connectivity index (χ3v) is 4.43. The predicted octanol–water partition coefficient (Wildman–Crippen LogP) is 2.09. The van der Waals surface area contributed by atoms with E-state index in [1.165, 1.54) is 17.0 Å². The molecule has 2 heterocycles. The van der Waals surface area contributed by atoms with E-state index in [9.17, 15) is 0 Å². The van der Waals surface area contributed by atoms with Crippen molar-refractivity contribution in [2.24, 2.45) is 5.84 Å². The lowest BCUT2D eigenvalue weighted by Gasteiger charge is -2.23. The molecule has 2 aromatic rings. The summed E-state index contributed by atoms with van der Waals surface area (Å²) in [4.78, 5) is 4.59. The van der Waals surface area contributed by atoms with Gasteiger partial charge in [-0.2, -0.15) is 5.10 Å². The molecule has 0 saturated carbocycles. The minimum absolute atomic E-state index is 0.0638. The molecule has 0 bridgehead atoms. The van der Waals surface area contributed by atoms with Gasteiger partial charge in [0, 0.05) is 24.4 Å². The van der Waals surface area contributed by atoms with Crippen LogP contribution in [0.4, 0.5) is 0 Å². The van der Waals surface area contributed by atoms with Gasteiger partial charge >= 0.3 is 0 Å². The van der Waals surface area contributed by atoms with Crippen LogP contribution in [0.3, 0.4) is 0 Å². The smallest absolute Gasteiger partial charge is 0.0712 e. The fourth-order valence-electron chi connectivity index (χ4n) is 3.34. The van der Waals surface area contributed by atoms with Crippen LogP contribution in [0, 0.1) is 0 Å². The zero-order chi connectivity index (χ0) is 14.8. The molecule has 21 heavy (non-hydrogen) atoms. The average molecular weight is 285 g/mol. The molecule has 1 aliphatic carbocycles. The molecule has 2 unspecified atom stereocenters. The number of hydrazine groups is 1. The maximum atomic E-state index is 5.90. The van der Waals surface area contributed by atoms with E-state index in [2.05, 4.69) is 46.2 Å². The van der Waals surface area contributed by atoms with Gasteiger partial charge in [0.15, 0.2) is 0 Å². The Balaban J connectivity index is 1.98. The number of pyridine rings is 1. The molecule has 0 fully saturated rings.